The van der Waals surface area contributed by atoms with Crippen molar-refractivity contribution in [3.8, 4) is 11.4 Å². The van der Waals surface area contributed by atoms with E-state index in [2.05, 4.69) is 12.1 Å². The molecule has 0 saturated carbocycles. The van der Waals surface area contributed by atoms with Crippen molar-refractivity contribution in [3.05, 3.63) is 87.5 Å². The monoisotopic (exact) mass is 372 g/mol. The normalized spacial score (nSPS) is 13.0. The molecule has 0 saturated heterocycles. The molecule has 2 aromatic carbocycles. The second-order valence-electron chi connectivity index (χ2n) is 7.17. The fourth-order valence-electron chi connectivity index (χ4n) is 3.96. The Hall–Kier alpha value is -3.34. The molecule has 0 unspecified atom stereocenters. The van der Waals surface area contributed by atoms with E-state index in [-0.39, 0.29) is 5.63 Å². The zero-order valence-electron chi connectivity index (χ0n) is 15.6. The van der Waals surface area contributed by atoms with Crippen LogP contribution in [0.5, 0.6) is 5.75 Å². The van der Waals surface area contributed by atoms with Crippen LogP contribution in [0, 0.1) is 6.92 Å². The van der Waals surface area contributed by atoms with Gasteiger partial charge in [0, 0.05) is 28.8 Å². The maximum absolute atomic E-state index is 11.6. The van der Waals surface area contributed by atoms with Gasteiger partial charge in [-0.25, -0.2) is 9.48 Å². The van der Waals surface area contributed by atoms with E-state index in [1.807, 2.05) is 41.9 Å². The Labute approximate surface area is 162 Å². The Morgan fingerprint density at radius 1 is 1.11 bits per heavy atom. The van der Waals surface area contributed by atoms with Gasteiger partial charge >= 0.3 is 5.63 Å². The van der Waals surface area contributed by atoms with Gasteiger partial charge in [-0.15, -0.1) is 0 Å². The predicted octanol–water partition coefficient (Wildman–Crippen LogP) is 4.35. The average Bonchev–Trinajstić information content (AvgIpc) is 3.30. The molecule has 5 nitrogen and oxygen atoms in total. The number of fused-ring (bicyclic) bond motifs is 2. The minimum absolute atomic E-state index is 0.346. The third-order valence-corrected chi connectivity index (χ3v) is 5.31. The molecular weight excluding hydrogens is 352 g/mol. The molecule has 5 rings (SSSR count). The second-order valence-corrected chi connectivity index (χ2v) is 7.17. The van der Waals surface area contributed by atoms with Gasteiger partial charge in [0.1, 0.15) is 23.6 Å². The Kier molecular flexibility index (Phi) is 4.01. The highest BCUT2D eigenvalue weighted by Crippen LogP contribution is 2.29. The molecule has 4 aromatic rings. The number of benzene rings is 2. The van der Waals surface area contributed by atoms with E-state index in [9.17, 15) is 4.79 Å². The van der Waals surface area contributed by atoms with Crippen LogP contribution in [0.1, 0.15) is 28.9 Å². The lowest BCUT2D eigenvalue weighted by molar-refractivity contribution is 0.299. The number of para-hydroxylation sites is 1. The molecule has 0 fully saturated rings. The smallest absolute Gasteiger partial charge is 0.336 e. The van der Waals surface area contributed by atoms with Crippen molar-refractivity contribution in [1.82, 2.24) is 9.78 Å². The molecule has 1 aliphatic rings. The first-order valence-electron chi connectivity index (χ1n) is 9.51. The van der Waals surface area contributed by atoms with E-state index >= 15 is 0 Å². The van der Waals surface area contributed by atoms with Gasteiger partial charge in [-0.1, -0.05) is 18.2 Å². The summed E-state index contributed by atoms with van der Waals surface area (Å²) in [6.45, 7) is 2.29. The Bertz CT molecular complexity index is 1220. The van der Waals surface area contributed by atoms with Crippen molar-refractivity contribution < 1.29 is 9.15 Å². The van der Waals surface area contributed by atoms with Crippen LogP contribution in [0.4, 0.5) is 0 Å². The molecule has 5 heteroatoms. The molecule has 0 bridgehead atoms. The van der Waals surface area contributed by atoms with Crippen LogP contribution in [0.25, 0.3) is 16.7 Å². The summed E-state index contributed by atoms with van der Waals surface area (Å²) in [4.78, 5) is 11.6. The summed E-state index contributed by atoms with van der Waals surface area (Å²) in [5.74, 6) is 0.669. The van der Waals surface area contributed by atoms with Gasteiger partial charge in [-0.2, -0.15) is 5.10 Å². The zero-order valence-corrected chi connectivity index (χ0v) is 15.6. The summed E-state index contributed by atoms with van der Waals surface area (Å²) >= 11 is 0. The van der Waals surface area contributed by atoms with Crippen LogP contribution < -0.4 is 10.4 Å². The van der Waals surface area contributed by atoms with Gasteiger partial charge in [-0.05, 0) is 56.0 Å². The van der Waals surface area contributed by atoms with Crippen molar-refractivity contribution in [3.63, 3.8) is 0 Å². The summed E-state index contributed by atoms with van der Waals surface area (Å²) in [5, 5.41) is 5.74. The third-order valence-electron chi connectivity index (χ3n) is 5.31. The minimum Gasteiger partial charge on any atom is -0.487 e. The molecule has 1 aliphatic carbocycles. The van der Waals surface area contributed by atoms with Crippen LogP contribution >= 0.6 is 0 Å². The van der Waals surface area contributed by atoms with Crippen molar-refractivity contribution in [2.75, 3.05) is 0 Å². The lowest BCUT2D eigenvalue weighted by atomic mass is 10.1. The van der Waals surface area contributed by atoms with Gasteiger partial charge in [0.2, 0.25) is 0 Å². The standard InChI is InChI=1S/C23H20N2O3/c1-15-12-23(26)28-22-13-17(10-11-18(15)22)27-14-20-19-8-5-9-21(19)25(24-20)16-6-3-2-4-7-16/h2-4,6-7,10-13H,5,8-9,14H2,1H3. The molecule has 0 aliphatic heterocycles. The van der Waals surface area contributed by atoms with Crippen molar-refractivity contribution in [2.45, 2.75) is 32.8 Å². The van der Waals surface area contributed by atoms with Crippen LogP contribution in [0.3, 0.4) is 0 Å². The van der Waals surface area contributed by atoms with Crippen LogP contribution in [0.2, 0.25) is 0 Å². The van der Waals surface area contributed by atoms with Gasteiger partial charge in [0.15, 0.2) is 0 Å². The molecule has 140 valence electrons. The number of aromatic nitrogens is 2. The topological polar surface area (TPSA) is 57.3 Å². The summed E-state index contributed by atoms with van der Waals surface area (Å²) < 4.78 is 13.4. The average molecular weight is 372 g/mol. The molecular formula is C23H20N2O3. The van der Waals surface area contributed by atoms with Gasteiger partial charge < -0.3 is 9.15 Å². The van der Waals surface area contributed by atoms with E-state index < -0.39 is 0 Å². The molecule has 2 heterocycles. The van der Waals surface area contributed by atoms with E-state index in [0.29, 0.717) is 17.9 Å². The fourth-order valence-corrected chi connectivity index (χ4v) is 3.96. The minimum atomic E-state index is -0.346. The third kappa shape index (κ3) is 2.89. The maximum atomic E-state index is 11.6. The number of hydrogen-bond donors (Lipinski definition) is 0. The fraction of sp³-hybridized carbons (Fsp3) is 0.217. The highest BCUT2D eigenvalue weighted by molar-refractivity contribution is 5.81. The van der Waals surface area contributed by atoms with Crippen molar-refractivity contribution in [2.24, 2.45) is 0 Å². The predicted molar refractivity (Wildman–Crippen MR) is 107 cm³/mol. The largest absolute Gasteiger partial charge is 0.487 e. The number of ether oxygens (including phenoxy) is 1. The summed E-state index contributed by atoms with van der Waals surface area (Å²) in [5.41, 5.74) is 5.73. The molecule has 0 radical (unpaired) electrons. The van der Waals surface area contributed by atoms with E-state index in [1.54, 1.807) is 6.07 Å². The Morgan fingerprint density at radius 2 is 1.96 bits per heavy atom. The van der Waals surface area contributed by atoms with Crippen LogP contribution in [-0.4, -0.2) is 9.78 Å². The van der Waals surface area contributed by atoms with Crippen LogP contribution in [0.15, 0.2) is 63.8 Å². The summed E-state index contributed by atoms with van der Waals surface area (Å²) in [6, 6.07) is 17.3. The SMILES string of the molecule is Cc1cc(=O)oc2cc(OCc3nn(-c4ccccc4)c4c3CCC4)ccc12. The molecule has 0 spiro atoms. The first-order chi connectivity index (χ1) is 13.7. The highest BCUT2D eigenvalue weighted by atomic mass is 16.5. The maximum Gasteiger partial charge on any atom is 0.336 e. The number of nitrogens with zero attached hydrogens (tertiary/aromatic N) is 2. The number of hydrogen-bond acceptors (Lipinski definition) is 4. The summed E-state index contributed by atoms with van der Waals surface area (Å²) in [7, 11) is 0. The Morgan fingerprint density at radius 3 is 2.82 bits per heavy atom. The van der Waals surface area contributed by atoms with Gasteiger partial charge in [0.05, 0.1) is 5.69 Å². The Balaban J connectivity index is 1.45. The number of aryl methyl sites for hydroxylation is 1. The molecule has 0 N–H and O–H groups in total. The van der Waals surface area contributed by atoms with E-state index in [1.165, 1.54) is 17.3 Å². The molecule has 28 heavy (non-hydrogen) atoms. The molecule has 2 aromatic heterocycles. The van der Waals surface area contributed by atoms with Crippen LogP contribution in [-0.2, 0) is 19.4 Å². The first kappa shape index (κ1) is 16.8. The van der Waals surface area contributed by atoms with Crippen molar-refractivity contribution in [1.29, 1.82) is 0 Å². The summed E-state index contributed by atoms with van der Waals surface area (Å²) in [6.07, 6.45) is 3.22. The van der Waals surface area contributed by atoms with E-state index in [0.717, 1.165) is 41.6 Å². The lowest BCUT2D eigenvalue weighted by Gasteiger charge is -2.07. The second kappa shape index (κ2) is 6.68. The lowest BCUT2D eigenvalue weighted by Crippen LogP contribution is -2.03. The van der Waals surface area contributed by atoms with Crippen molar-refractivity contribution >= 4 is 11.0 Å². The van der Waals surface area contributed by atoms with Gasteiger partial charge in [0.25, 0.3) is 0 Å². The molecule has 0 atom stereocenters. The van der Waals surface area contributed by atoms with E-state index in [4.69, 9.17) is 14.3 Å². The first-order valence-corrected chi connectivity index (χ1v) is 9.51. The highest BCUT2D eigenvalue weighted by Gasteiger charge is 2.23. The quantitative estimate of drug-likeness (QED) is 0.500. The zero-order chi connectivity index (χ0) is 19.1. The van der Waals surface area contributed by atoms with Gasteiger partial charge in [-0.3, -0.25) is 0 Å². The molecule has 0 amide bonds. The number of rotatable bonds is 4.